The van der Waals surface area contributed by atoms with Crippen molar-refractivity contribution >= 4 is 64.0 Å². The molecular formula is C16H11Cl5N2O3. The molecule has 0 N–H and O–H groups in total. The maximum atomic E-state index is 11.6. The van der Waals surface area contributed by atoms with E-state index in [1.54, 1.807) is 18.2 Å². The van der Waals surface area contributed by atoms with Crippen LogP contribution in [0.5, 0.6) is 0 Å². The molecule has 0 saturated carbocycles. The first kappa shape index (κ1) is 21.2. The van der Waals surface area contributed by atoms with Crippen molar-refractivity contribution in [2.24, 2.45) is 0 Å². The van der Waals surface area contributed by atoms with E-state index in [9.17, 15) is 10.1 Å². The predicted molar refractivity (Wildman–Crippen MR) is 102 cm³/mol. The highest BCUT2D eigenvalue weighted by molar-refractivity contribution is 6.68. The van der Waals surface area contributed by atoms with Gasteiger partial charge in [0.05, 0.1) is 15.6 Å². The monoisotopic (exact) mass is 454 g/mol. The molecule has 26 heavy (non-hydrogen) atoms. The molecule has 1 atom stereocenters. The van der Waals surface area contributed by atoms with Crippen molar-refractivity contribution in [1.82, 2.24) is 4.57 Å². The first-order valence-corrected chi connectivity index (χ1v) is 8.84. The van der Waals surface area contributed by atoms with Crippen LogP contribution in [0.4, 0.5) is 0 Å². The molecule has 1 aromatic heterocycles. The largest absolute Gasteiger partial charge is 0.409 e. The molecule has 5 nitrogen and oxygen atoms in total. The lowest BCUT2D eigenvalue weighted by molar-refractivity contribution is -0.264. The molecule has 0 saturated heterocycles. The second kappa shape index (κ2) is 7.85. The molecule has 138 valence electrons. The van der Waals surface area contributed by atoms with Crippen molar-refractivity contribution in [3.63, 3.8) is 0 Å². The number of nitrogens with zero attached hydrogens (tertiary/aromatic N) is 2. The summed E-state index contributed by atoms with van der Waals surface area (Å²) in [6.07, 6.45) is 2.74. The molecule has 0 fully saturated rings. The van der Waals surface area contributed by atoms with Gasteiger partial charge in [-0.1, -0.05) is 70.1 Å². The van der Waals surface area contributed by atoms with Gasteiger partial charge in [-0.2, -0.15) is 5.26 Å². The van der Waals surface area contributed by atoms with Gasteiger partial charge >= 0.3 is 11.9 Å². The zero-order chi connectivity index (χ0) is 19.7. The fourth-order valence-electron chi connectivity index (χ4n) is 2.35. The topological polar surface area (TPSA) is 64.2 Å². The number of esters is 1. The third-order valence-corrected chi connectivity index (χ3v) is 4.98. The van der Waals surface area contributed by atoms with Crippen molar-refractivity contribution in [3.8, 4) is 17.2 Å². The summed E-state index contributed by atoms with van der Waals surface area (Å²) in [6.45, 7) is 1.13. The Balaban J connectivity index is 2.75. The van der Waals surface area contributed by atoms with Crippen LogP contribution in [-0.4, -0.2) is 21.4 Å². The smallest absolute Gasteiger partial charge is 0.349 e. The quantitative estimate of drug-likeness (QED) is 0.345. The highest BCUT2D eigenvalue weighted by Gasteiger charge is 2.55. The highest BCUT2D eigenvalue weighted by Crippen LogP contribution is 2.46. The average Bonchev–Trinajstić information content (AvgIpc) is 2.98. The van der Waals surface area contributed by atoms with Gasteiger partial charge < -0.3 is 9.47 Å². The van der Waals surface area contributed by atoms with Crippen LogP contribution in [-0.2, 0) is 20.2 Å². The minimum Gasteiger partial charge on any atom is -0.409 e. The second-order valence-corrected chi connectivity index (χ2v) is 8.15. The Bertz CT molecular complexity index is 885. The van der Waals surface area contributed by atoms with E-state index in [0.717, 1.165) is 6.92 Å². The minimum absolute atomic E-state index is 0.178. The van der Waals surface area contributed by atoms with E-state index in [4.69, 9.17) is 67.5 Å². The summed E-state index contributed by atoms with van der Waals surface area (Å²) in [4.78, 5) is 11.6. The molecule has 1 heterocycles. The number of methoxy groups -OCH3 is 1. The Morgan fingerprint density at radius 3 is 2.35 bits per heavy atom. The van der Waals surface area contributed by atoms with E-state index in [1.807, 2.05) is 6.07 Å². The standard InChI is InChI=1S/C16H11Cl5N2O3/c1-9(24)26-16(25-2,15(19,20)21)23-7-10(6-22)12(8-23)11-4-3-5-13(17)14(11)18/h3-5,7-8H,1-2H3. The molecular weight excluding hydrogens is 445 g/mol. The van der Waals surface area contributed by atoms with Gasteiger partial charge in [-0.25, -0.2) is 0 Å². The van der Waals surface area contributed by atoms with Gasteiger partial charge in [0.25, 0.3) is 3.79 Å². The molecule has 2 rings (SSSR count). The molecule has 2 aromatic rings. The maximum Gasteiger partial charge on any atom is 0.349 e. The van der Waals surface area contributed by atoms with Gasteiger partial charge in [0.2, 0.25) is 0 Å². The van der Waals surface area contributed by atoms with Crippen LogP contribution in [0.2, 0.25) is 10.0 Å². The maximum absolute atomic E-state index is 11.6. The molecule has 0 aliphatic rings. The highest BCUT2D eigenvalue weighted by atomic mass is 35.6. The van der Waals surface area contributed by atoms with Crippen molar-refractivity contribution in [1.29, 1.82) is 5.26 Å². The van der Waals surface area contributed by atoms with Crippen LogP contribution in [0.1, 0.15) is 12.5 Å². The summed E-state index contributed by atoms with van der Waals surface area (Å²) < 4.78 is 9.41. The molecule has 0 aliphatic heterocycles. The molecule has 0 bridgehead atoms. The Labute approximate surface area is 174 Å². The molecule has 0 amide bonds. The van der Waals surface area contributed by atoms with E-state index in [0.29, 0.717) is 16.1 Å². The minimum atomic E-state index is -2.21. The SMILES string of the molecule is COC(OC(C)=O)(n1cc(C#N)c(-c2cccc(Cl)c2Cl)c1)C(Cl)(Cl)Cl. The summed E-state index contributed by atoms with van der Waals surface area (Å²) >= 11 is 30.3. The van der Waals surface area contributed by atoms with Gasteiger partial charge in [-0.3, -0.25) is 9.36 Å². The zero-order valence-electron chi connectivity index (χ0n) is 13.4. The number of carbonyl (C=O) groups is 1. The van der Waals surface area contributed by atoms with Gasteiger partial charge in [-0.05, 0) is 6.07 Å². The number of alkyl halides is 3. The lowest BCUT2D eigenvalue weighted by atomic mass is 10.1. The van der Waals surface area contributed by atoms with Crippen LogP contribution in [0.15, 0.2) is 30.6 Å². The lowest BCUT2D eigenvalue weighted by Crippen LogP contribution is -2.50. The summed E-state index contributed by atoms with van der Waals surface area (Å²) in [5, 5.41) is 10.0. The third kappa shape index (κ3) is 3.77. The molecule has 0 radical (unpaired) electrons. The van der Waals surface area contributed by atoms with Crippen LogP contribution in [0, 0.1) is 11.3 Å². The number of ether oxygens (including phenoxy) is 2. The first-order chi connectivity index (χ1) is 12.1. The van der Waals surface area contributed by atoms with Crippen LogP contribution < -0.4 is 0 Å². The Hall–Kier alpha value is -1.13. The summed E-state index contributed by atoms with van der Waals surface area (Å²) in [7, 11) is 1.20. The number of halogens is 5. The summed E-state index contributed by atoms with van der Waals surface area (Å²) in [5.74, 6) is -2.90. The Morgan fingerprint density at radius 1 is 1.19 bits per heavy atom. The fraction of sp³-hybridized carbons (Fsp3) is 0.250. The number of hydrogen-bond donors (Lipinski definition) is 0. The number of carbonyl (C=O) groups excluding carboxylic acids is 1. The van der Waals surface area contributed by atoms with E-state index in [1.165, 1.54) is 24.1 Å². The first-order valence-electron chi connectivity index (χ1n) is 6.95. The number of rotatable bonds is 4. The van der Waals surface area contributed by atoms with E-state index in [-0.39, 0.29) is 10.6 Å². The summed E-state index contributed by atoms with van der Waals surface area (Å²) in [5.41, 5.74) is 1.05. The van der Waals surface area contributed by atoms with Crippen LogP contribution >= 0.6 is 58.0 Å². The van der Waals surface area contributed by atoms with Crippen molar-refractivity contribution in [3.05, 3.63) is 46.2 Å². The normalized spacial score (nSPS) is 13.8. The number of hydrogen-bond acceptors (Lipinski definition) is 4. The average molecular weight is 457 g/mol. The molecule has 10 heteroatoms. The van der Waals surface area contributed by atoms with Crippen LogP contribution in [0.3, 0.4) is 0 Å². The second-order valence-electron chi connectivity index (χ2n) is 5.08. The Morgan fingerprint density at radius 2 is 1.85 bits per heavy atom. The number of nitriles is 1. The van der Waals surface area contributed by atoms with Crippen molar-refractivity contribution in [2.75, 3.05) is 7.11 Å². The van der Waals surface area contributed by atoms with E-state index in [2.05, 4.69) is 0 Å². The molecule has 0 aliphatic carbocycles. The van der Waals surface area contributed by atoms with Crippen LogP contribution in [0.25, 0.3) is 11.1 Å². The lowest BCUT2D eigenvalue weighted by Gasteiger charge is -2.37. The molecule has 1 unspecified atom stereocenters. The third-order valence-electron chi connectivity index (χ3n) is 3.45. The van der Waals surface area contributed by atoms with Crippen molar-refractivity contribution in [2.45, 2.75) is 16.6 Å². The molecule has 1 aromatic carbocycles. The van der Waals surface area contributed by atoms with Gasteiger partial charge in [-0.15, -0.1) is 0 Å². The van der Waals surface area contributed by atoms with E-state index < -0.39 is 15.7 Å². The zero-order valence-corrected chi connectivity index (χ0v) is 17.2. The Kier molecular flexibility index (Phi) is 6.40. The predicted octanol–water partition coefficient (Wildman–Crippen LogP) is 5.52. The van der Waals surface area contributed by atoms with E-state index >= 15 is 0 Å². The molecule has 0 spiro atoms. The number of benzene rings is 1. The number of aromatic nitrogens is 1. The fourth-order valence-corrected chi connectivity index (χ4v) is 3.40. The van der Waals surface area contributed by atoms with Crippen molar-refractivity contribution < 1.29 is 14.3 Å². The van der Waals surface area contributed by atoms with Gasteiger partial charge in [0.15, 0.2) is 0 Å². The van der Waals surface area contributed by atoms with Gasteiger partial charge in [0, 0.05) is 37.6 Å². The summed E-state index contributed by atoms with van der Waals surface area (Å²) in [6, 6.07) is 6.97. The van der Waals surface area contributed by atoms with Gasteiger partial charge in [0.1, 0.15) is 6.07 Å².